The Balaban J connectivity index is 1.35. The van der Waals surface area contributed by atoms with Crippen LogP contribution in [-0.4, -0.2) is 43.2 Å². The molecule has 0 saturated heterocycles. The van der Waals surface area contributed by atoms with Gasteiger partial charge in [0.15, 0.2) is 0 Å². The molecular weight excluding hydrogens is 447 g/mol. The average Bonchev–Trinajstić information content (AvgIpc) is 3.24. The maximum atomic E-state index is 13.4. The van der Waals surface area contributed by atoms with Crippen molar-refractivity contribution in [3.05, 3.63) is 71.4 Å². The van der Waals surface area contributed by atoms with Gasteiger partial charge in [0.1, 0.15) is 5.82 Å². The zero-order valence-electron chi connectivity index (χ0n) is 19.6. The second-order valence-electron chi connectivity index (χ2n) is 9.62. The van der Waals surface area contributed by atoms with Crippen LogP contribution in [-0.2, 0) is 29.1 Å². The average molecular weight is 477 g/mol. The molecule has 1 amide bonds. The van der Waals surface area contributed by atoms with Crippen LogP contribution in [0.2, 0.25) is 0 Å². The summed E-state index contributed by atoms with van der Waals surface area (Å²) in [6, 6.07) is 10.3. The first-order chi connectivity index (χ1) is 17.0. The van der Waals surface area contributed by atoms with Crippen molar-refractivity contribution in [1.29, 1.82) is 0 Å². The van der Waals surface area contributed by atoms with Gasteiger partial charge in [-0.1, -0.05) is 12.1 Å². The summed E-state index contributed by atoms with van der Waals surface area (Å²) in [5, 5.41) is 14.1. The van der Waals surface area contributed by atoms with Crippen molar-refractivity contribution >= 4 is 11.9 Å². The lowest BCUT2D eigenvalue weighted by Gasteiger charge is -2.31. The Kier molecular flexibility index (Phi) is 6.61. The summed E-state index contributed by atoms with van der Waals surface area (Å²) in [6.07, 6.45) is 7.55. The van der Waals surface area contributed by atoms with Gasteiger partial charge in [-0.3, -0.25) is 19.3 Å². The van der Waals surface area contributed by atoms with Crippen molar-refractivity contribution in [2.45, 2.75) is 51.6 Å². The van der Waals surface area contributed by atoms with Crippen molar-refractivity contribution in [2.75, 3.05) is 6.54 Å². The van der Waals surface area contributed by atoms with Crippen LogP contribution in [0.25, 0.3) is 11.3 Å². The minimum absolute atomic E-state index is 0.120. The molecule has 1 saturated carbocycles. The van der Waals surface area contributed by atoms with Gasteiger partial charge in [-0.25, -0.2) is 4.39 Å². The van der Waals surface area contributed by atoms with Gasteiger partial charge in [0.2, 0.25) is 5.91 Å². The molecule has 1 aliphatic heterocycles. The number of aliphatic carboxylic acids is 1. The minimum Gasteiger partial charge on any atom is -0.481 e. The van der Waals surface area contributed by atoms with E-state index in [0.29, 0.717) is 45.3 Å². The summed E-state index contributed by atoms with van der Waals surface area (Å²) in [5.74, 6) is -0.905. The van der Waals surface area contributed by atoms with Gasteiger partial charge in [-0.2, -0.15) is 5.10 Å². The number of aromatic nitrogens is 3. The number of rotatable bonds is 6. The normalized spacial score (nSPS) is 19.9. The first-order valence-electron chi connectivity index (χ1n) is 12.2. The molecule has 1 N–H and O–H groups in total. The number of carboxylic acids is 1. The number of hydrogen-bond acceptors (Lipinski definition) is 4. The zero-order valence-corrected chi connectivity index (χ0v) is 19.6. The predicted molar refractivity (Wildman–Crippen MR) is 128 cm³/mol. The van der Waals surface area contributed by atoms with E-state index in [0.717, 1.165) is 40.9 Å². The van der Waals surface area contributed by atoms with E-state index in [2.05, 4.69) is 4.98 Å². The van der Waals surface area contributed by atoms with Crippen LogP contribution in [0.5, 0.6) is 0 Å². The number of halogens is 1. The van der Waals surface area contributed by atoms with Crippen LogP contribution in [0.4, 0.5) is 4.39 Å². The number of nitrogens with zero attached hydrogens (tertiary/aromatic N) is 4. The quantitative estimate of drug-likeness (QED) is 0.573. The number of pyridine rings is 1. The van der Waals surface area contributed by atoms with Gasteiger partial charge in [-0.05, 0) is 67.9 Å². The van der Waals surface area contributed by atoms with Gasteiger partial charge in [0.25, 0.3) is 0 Å². The number of carboxylic acid groups (broad SMARTS) is 1. The lowest BCUT2D eigenvalue weighted by molar-refractivity contribution is -0.143. The third-order valence-corrected chi connectivity index (χ3v) is 7.35. The summed E-state index contributed by atoms with van der Waals surface area (Å²) in [6.45, 7) is 1.61. The number of carbonyl (C=O) groups is 2. The molecule has 1 aliphatic carbocycles. The summed E-state index contributed by atoms with van der Waals surface area (Å²) < 4.78 is 15.4. The van der Waals surface area contributed by atoms with Crippen LogP contribution in [0.1, 0.15) is 48.9 Å². The van der Waals surface area contributed by atoms with Crippen molar-refractivity contribution < 1.29 is 19.1 Å². The van der Waals surface area contributed by atoms with Crippen molar-refractivity contribution in [3.63, 3.8) is 0 Å². The maximum Gasteiger partial charge on any atom is 0.306 e. The molecule has 1 fully saturated rings. The molecule has 0 bridgehead atoms. The van der Waals surface area contributed by atoms with Gasteiger partial charge in [0, 0.05) is 36.5 Å². The van der Waals surface area contributed by atoms with Gasteiger partial charge < -0.3 is 10.0 Å². The highest BCUT2D eigenvalue weighted by Crippen LogP contribution is 2.33. The van der Waals surface area contributed by atoms with Crippen molar-refractivity contribution in [2.24, 2.45) is 11.8 Å². The third-order valence-electron chi connectivity index (χ3n) is 7.35. The van der Waals surface area contributed by atoms with E-state index in [-0.39, 0.29) is 23.6 Å². The SMILES string of the molecule is O=C(C[C@H]1CC[C@H](C(=O)O)CC1)N1CCc2c(-c3ccncc3)nn(Cc3ccc(F)cc3)c2C1. The number of carbonyl (C=O) groups excluding carboxylic acids is 1. The molecule has 0 atom stereocenters. The van der Waals surface area contributed by atoms with E-state index in [1.165, 1.54) is 12.1 Å². The zero-order chi connectivity index (χ0) is 24.4. The summed E-state index contributed by atoms with van der Waals surface area (Å²) in [7, 11) is 0. The standard InChI is InChI=1S/C27H29FN4O3/c28-22-7-3-19(4-8-22)16-32-24-17-31(25(33)15-18-1-5-21(6-2-18)27(34)35)14-11-23(24)26(30-32)20-9-12-29-13-10-20/h3-4,7-10,12-13,18,21H,1-2,5-6,11,14-17H2,(H,34,35)/t18-,21-. The second-order valence-corrected chi connectivity index (χ2v) is 9.62. The number of fused-ring (bicyclic) bond motifs is 1. The molecule has 3 aromatic rings. The minimum atomic E-state index is -0.724. The van der Waals surface area contributed by atoms with E-state index >= 15 is 0 Å². The molecule has 2 aromatic heterocycles. The van der Waals surface area contributed by atoms with Crippen molar-refractivity contribution in [1.82, 2.24) is 19.7 Å². The second kappa shape index (κ2) is 9.98. The highest BCUT2D eigenvalue weighted by molar-refractivity contribution is 5.77. The lowest BCUT2D eigenvalue weighted by Crippen LogP contribution is -2.38. The monoisotopic (exact) mass is 476 g/mol. The molecule has 0 radical (unpaired) electrons. The fourth-order valence-electron chi connectivity index (χ4n) is 5.32. The van der Waals surface area contributed by atoms with E-state index in [1.54, 1.807) is 24.5 Å². The van der Waals surface area contributed by atoms with Crippen LogP contribution >= 0.6 is 0 Å². The van der Waals surface area contributed by atoms with Crippen LogP contribution in [0.15, 0.2) is 48.8 Å². The molecule has 0 unspecified atom stereocenters. The largest absolute Gasteiger partial charge is 0.481 e. The van der Waals surface area contributed by atoms with E-state index in [1.807, 2.05) is 21.7 Å². The number of amides is 1. The Labute approximate surface area is 203 Å². The molecule has 1 aromatic carbocycles. The molecule has 3 heterocycles. The Bertz CT molecular complexity index is 1200. The van der Waals surface area contributed by atoms with E-state index in [4.69, 9.17) is 5.10 Å². The number of hydrogen-bond donors (Lipinski definition) is 1. The Morgan fingerprint density at radius 3 is 2.43 bits per heavy atom. The van der Waals surface area contributed by atoms with Crippen LogP contribution < -0.4 is 0 Å². The Morgan fingerprint density at radius 2 is 1.74 bits per heavy atom. The van der Waals surface area contributed by atoms with Crippen LogP contribution in [0, 0.1) is 17.7 Å². The van der Waals surface area contributed by atoms with Gasteiger partial charge in [-0.15, -0.1) is 0 Å². The maximum absolute atomic E-state index is 13.4. The molecule has 8 heteroatoms. The molecule has 35 heavy (non-hydrogen) atoms. The molecule has 2 aliphatic rings. The smallest absolute Gasteiger partial charge is 0.306 e. The van der Waals surface area contributed by atoms with Crippen molar-refractivity contribution in [3.8, 4) is 11.3 Å². The third kappa shape index (κ3) is 5.11. The van der Waals surface area contributed by atoms with Gasteiger partial charge in [0.05, 0.1) is 30.4 Å². The first kappa shape index (κ1) is 23.2. The molecule has 182 valence electrons. The first-order valence-corrected chi connectivity index (χ1v) is 12.2. The topological polar surface area (TPSA) is 88.3 Å². The molecule has 0 spiro atoms. The van der Waals surface area contributed by atoms with Gasteiger partial charge >= 0.3 is 5.97 Å². The van der Waals surface area contributed by atoms with Crippen LogP contribution in [0.3, 0.4) is 0 Å². The highest BCUT2D eigenvalue weighted by atomic mass is 19.1. The fraction of sp³-hybridized carbons (Fsp3) is 0.407. The molecular formula is C27H29FN4O3. The lowest BCUT2D eigenvalue weighted by atomic mass is 9.80. The number of benzene rings is 1. The Hall–Kier alpha value is -3.55. The molecule has 5 rings (SSSR count). The molecule has 7 nitrogen and oxygen atoms in total. The van der Waals surface area contributed by atoms with E-state index in [9.17, 15) is 19.1 Å². The summed E-state index contributed by atoms with van der Waals surface area (Å²) in [5.41, 5.74) is 4.99. The summed E-state index contributed by atoms with van der Waals surface area (Å²) >= 11 is 0. The summed E-state index contributed by atoms with van der Waals surface area (Å²) in [4.78, 5) is 30.5. The highest BCUT2D eigenvalue weighted by Gasteiger charge is 2.31. The Morgan fingerprint density at radius 1 is 1.03 bits per heavy atom. The predicted octanol–water partition coefficient (Wildman–Crippen LogP) is 4.30. The fourth-order valence-corrected chi connectivity index (χ4v) is 5.32. The van der Waals surface area contributed by atoms with E-state index < -0.39 is 5.97 Å².